The van der Waals surface area contributed by atoms with Crippen molar-refractivity contribution < 1.29 is 9.47 Å². The molecule has 2 rings (SSSR count). The minimum Gasteiger partial charge on any atom is -0.489 e. The number of para-hydroxylation sites is 1. The third-order valence-electron chi connectivity index (χ3n) is 4.59. The monoisotopic (exact) mass is 360 g/mol. The Kier molecular flexibility index (Phi) is 9.00. The predicted molar refractivity (Wildman–Crippen MR) is 107 cm³/mol. The van der Waals surface area contributed by atoms with Gasteiger partial charge in [-0.15, -0.1) is 0 Å². The van der Waals surface area contributed by atoms with Gasteiger partial charge in [-0.05, 0) is 25.5 Å². The Bertz CT molecular complexity index is 577. The molecule has 1 aromatic rings. The zero-order valence-corrected chi connectivity index (χ0v) is 16.0. The van der Waals surface area contributed by atoms with E-state index in [1.165, 1.54) is 12.8 Å². The van der Waals surface area contributed by atoms with Gasteiger partial charge in [0.2, 0.25) is 0 Å². The van der Waals surface area contributed by atoms with E-state index in [0.717, 1.165) is 43.5 Å². The van der Waals surface area contributed by atoms with Gasteiger partial charge in [0.15, 0.2) is 5.96 Å². The van der Waals surface area contributed by atoms with Crippen LogP contribution in [-0.2, 0) is 11.3 Å². The van der Waals surface area contributed by atoms with Gasteiger partial charge >= 0.3 is 0 Å². The average Bonchev–Trinajstić information content (AvgIpc) is 3.13. The summed E-state index contributed by atoms with van der Waals surface area (Å²) in [4.78, 5) is 6.83. The summed E-state index contributed by atoms with van der Waals surface area (Å²) in [7, 11) is 3.55. The highest BCUT2D eigenvalue weighted by Crippen LogP contribution is 2.18. The third-order valence-corrected chi connectivity index (χ3v) is 4.59. The molecule has 0 radical (unpaired) electrons. The molecule has 1 aliphatic heterocycles. The van der Waals surface area contributed by atoms with Crippen LogP contribution in [0.4, 0.5) is 0 Å². The first-order chi connectivity index (χ1) is 12.8. The summed E-state index contributed by atoms with van der Waals surface area (Å²) in [6.07, 6.45) is 4.21. The summed E-state index contributed by atoms with van der Waals surface area (Å²) >= 11 is 0. The summed E-state index contributed by atoms with van der Waals surface area (Å²) in [6.45, 7) is 8.67. The Labute approximate surface area is 157 Å². The largest absolute Gasteiger partial charge is 0.489 e. The lowest BCUT2D eigenvalue weighted by Gasteiger charge is -2.25. The van der Waals surface area contributed by atoms with Crippen molar-refractivity contribution in [3.05, 3.63) is 42.5 Å². The molecule has 6 nitrogen and oxygen atoms in total. The van der Waals surface area contributed by atoms with Crippen LogP contribution in [0.15, 0.2) is 41.9 Å². The molecule has 1 aliphatic rings. The van der Waals surface area contributed by atoms with Crippen LogP contribution >= 0.6 is 0 Å². The minimum atomic E-state index is 0.503. The molecule has 1 fully saturated rings. The maximum atomic E-state index is 5.71. The average molecular weight is 361 g/mol. The number of guanidine groups is 1. The molecule has 26 heavy (non-hydrogen) atoms. The molecule has 144 valence electrons. The number of methoxy groups -OCH3 is 1. The van der Waals surface area contributed by atoms with E-state index in [-0.39, 0.29) is 0 Å². The van der Waals surface area contributed by atoms with Gasteiger partial charge in [0.05, 0.1) is 6.61 Å². The second-order valence-electron chi connectivity index (χ2n) is 6.34. The standard InChI is InChI=1S/C20H32N4O2/c1-4-13-26-19-10-6-5-8-17(19)15-22-20(21-2)23-16-18-9-7-11-24(18)12-14-25-3/h4-6,8,10,18H,1,7,9,11-16H2,2-3H3,(H2,21,22,23). The van der Waals surface area contributed by atoms with E-state index in [1.807, 2.05) is 18.2 Å². The molecule has 1 atom stereocenters. The highest BCUT2D eigenvalue weighted by Gasteiger charge is 2.23. The molecular weight excluding hydrogens is 328 g/mol. The van der Waals surface area contributed by atoms with Crippen LogP contribution in [0.2, 0.25) is 0 Å². The molecule has 1 unspecified atom stereocenters. The minimum absolute atomic E-state index is 0.503. The number of rotatable bonds is 10. The SMILES string of the molecule is C=CCOc1ccccc1CNC(=NC)NCC1CCCN1CCOC. The second kappa shape index (κ2) is 11.5. The Morgan fingerprint density at radius 2 is 2.23 bits per heavy atom. The van der Waals surface area contributed by atoms with Crippen LogP contribution in [0, 0.1) is 0 Å². The normalized spacial score (nSPS) is 17.9. The van der Waals surface area contributed by atoms with Gasteiger partial charge in [-0.25, -0.2) is 0 Å². The van der Waals surface area contributed by atoms with Crippen molar-refractivity contribution >= 4 is 5.96 Å². The van der Waals surface area contributed by atoms with Crippen molar-refractivity contribution in [2.24, 2.45) is 4.99 Å². The molecule has 0 amide bonds. The van der Waals surface area contributed by atoms with Gasteiger partial charge in [0.25, 0.3) is 0 Å². The molecular formula is C20H32N4O2. The third kappa shape index (κ3) is 6.35. The predicted octanol–water partition coefficient (Wildman–Crippen LogP) is 2.03. The lowest BCUT2D eigenvalue weighted by atomic mass is 10.2. The van der Waals surface area contributed by atoms with E-state index in [2.05, 4.69) is 33.2 Å². The number of nitrogens with zero attached hydrogens (tertiary/aromatic N) is 2. The first-order valence-electron chi connectivity index (χ1n) is 9.27. The van der Waals surface area contributed by atoms with Gasteiger partial charge in [-0.3, -0.25) is 9.89 Å². The first kappa shape index (κ1) is 20.3. The van der Waals surface area contributed by atoms with Crippen LogP contribution in [0.3, 0.4) is 0 Å². The van der Waals surface area contributed by atoms with E-state index in [0.29, 0.717) is 19.2 Å². The van der Waals surface area contributed by atoms with E-state index in [9.17, 15) is 0 Å². The lowest BCUT2D eigenvalue weighted by Crippen LogP contribution is -2.45. The fraction of sp³-hybridized carbons (Fsp3) is 0.550. The maximum Gasteiger partial charge on any atom is 0.191 e. The lowest BCUT2D eigenvalue weighted by molar-refractivity contribution is 0.141. The van der Waals surface area contributed by atoms with Crippen molar-refractivity contribution in [1.82, 2.24) is 15.5 Å². The topological polar surface area (TPSA) is 58.1 Å². The van der Waals surface area contributed by atoms with E-state index in [1.54, 1.807) is 20.2 Å². The van der Waals surface area contributed by atoms with Crippen molar-refractivity contribution in [2.75, 3.05) is 47.0 Å². The molecule has 1 saturated heterocycles. The Hall–Kier alpha value is -2.05. The molecule has 0 aliphatic carbocycles. The van der Waals surface area contributed by atoms with E-state index in [4.69, 9.17) is 9.47 Å². The van der Waals surface area contributed by atoms with Crippen LogP contribution in [0.25, 0.3) is 0 Å². The number of nitrogens with one attached hydrogen (secondary N) is 2. The zero-order valence-electron chi connectivity index (χ0n) is 16.0. The fourth-order valence-corrected chi connectivity index (χ4v) is 3.18. The first-order valence-corrected chi connectivity index (χ1v) is 9.27. The maximum absolute atomic E-state index is 5.71. The highest BCUT2D eigenvalue weighted by molar-refractivity contribution is 5.79. The summed E-state index contributed by atoms with van der Waals surface area (Å²) in [5.41, 5.74) is 1.10. The second-order valence-corrected chi connectivity index (χ2v) is 6.34. The molecule has 1 heterocycles. The van der Waals surface area contributed by atoms with Crippen LogP contribution in [-0.4, -0.2) is 63.9 Å². The number of likely N-dealkylation sites (tertiary alicyclic amines) is 1. The van der Waals surface area contributed by atoms with Crippen molar-refractivity contribution in [3.8, 4) is 5.75 Å². The molecule has 6 heteroatoms. The van der Waals surface area contributed by atoms with Gasteiger partial charge in [0, 0.05) is 45.4 Å². The smallest absolute Gasteiger partial charge is 0.191 e. The number of aliphatic imine (C=N–C) groups is 1. The number of hydrogen-bond donors (Lipinski definition) is 2. The Morgan fingerprint density at radius 1 is 1.38 bits per heavy atom. The van der Waals surface area contributed by atoms with Crippen molar-refractivity contribution in [2.45, 2.75) is 25.4 Å². The molecule has 0 aromatic heterocycles. The van der Waals surface area contributed by atoms with Gasteiger partial charge in [-0.1, -0.05) is 30.9 Å². The Balaban J connectivity index is 1.82. The highest BCUT2D eigenvalue weighted by atomic mass is 16.5. The van der Waals surface area contributed by atoms with Crippen LogP contribution in [0.5, 0.6) is 5.75 Å². The van der Waals surface area contributed by atoms with Crippen LogP contribution < -0.4 is 15.4 Å². The fourth-order valence-electron chi connectivity index (χ4n) is 3.18. The molecule has 1 aromatic carbocycles. The zero-order chi connectivity index (χ0) is 18.6. The molecule has 0 saturated carbocycles. The molecule has 2 N–H and O–H groups in total. The van der Waals surface area contributed by atoms with Crippen molar-refractivity contribution in [3.63, 3.8) is 0 Å². The van der Waals surface area contributed by atoms with Gasteiger partial charge in [-0.2, -0.15) is 0 Å². The summed E-state index contributed by atoms with van der Waals surface area (Å²) in [6, 6.07) is 8.56. The number of ether oxygens (including phenoxy) is 2. The van der Waals surface area contributed by atoms with Crippen molar-refractivity contribution in [1.29, 1.82) is 0 Å². The van der Waals surface area contributed by atoms with E-state index < -0.39 is 0 Å². The molecule has 0 bridgehead atoms. The van der Waals surface area contributed by atoms with Gasteiger partial charge in [0.1, 0.15) is 12.4 Å². The van der Waals surface area contributed by atoms with E-state index >= 15 is 0 Å². The number of hydrogen-bond acceptors (Lipinski definition) is 4. The Morgan fingerprint density at radius 3 is 3.00 bits per heavy atom. The summed E-state index contributed by atoms with van der Waals surface area (Å²) in [5, 5.41) is 6.82. The number of benzene rings is 1. The van der Waals surface area contributed by atoms with Gasteiger partial charge < -0.3 is 20.1 Å². The van der Waals surface area contributed by atoms with Crippen LogP contribution in [0.1, 0.15) is 18.4 Å². The summed E-state index contributed by atoms with van der Waals surface area (Å²) < 4.78 is 10.9. The molecule has 0 spiro atoms. The summed E-state index contributed by atoms with van der Waals surface area (Å²) in [5.74, 6) is 1.68. The quantitative estimate of drug-likeness (QED) is 0.380.